The van der Waals surface area contributed by atoms with Gasteiger partial charge in [0.2, 0.25) is 6.79 Å². The van der Waals surface area contributed by atoms with E-state index in [2.05, 4.69) is 24.1 Å². The number of benzene rings is 1. The van der Waals surface area contributed by atoms with Crippen molar-refractivity contribution in [1.29, 1.82) is 0 Å². The number of hydrogen-bond acceptors (Lipinski definition) is 4. The van der Waals surface area contributed by atoms with Crippen molar-refractivity contribution in [3.8, 4) is 11.5 Å². The summed E-state index contributed by atoms with van der Waals surface area (Å²) in [7, 11) is 2.15. The average Bonchev–Trinajstić information content (AvgIpc) is 2.96. The lowest BCUT2D eigenvalue weighted by molar-refractivity contribution is 0.174. The van der Waals surface area contributed by atoms with Crippen molar-refractivity contribution in [2.45, 2.75) is 37.9 Å². The minimum Gasteiger partial charge on any atom is -0.454 e. The second-order valence-electron chi connectivity index (χ2n) is 5.26. The molecule has 0 saturated heterocycles. The molecule has 18 heavy (non-hydrogen) atoms. The molecular weight excluding hydrogens is 228 g/mol. The third kappa shape index (κ3) is 2.18. The topological polar surface area (TPSA) is 47.7 Å². The quantitative estimate of drug-likeness (QED) is 0.885. The average molecular weight is 248 g/mol. The van der Waals surface area contributed by atoms with Gasteiger partial charge in [-0.15, -0.1) is 0 Å². The molecule has 3 rings (SSSR count). The van der Waals surface area contributed by atoms with Gasteiger partial charge in [0.1, 0.15) is 0 Å². The highest BCUT2D eigenvalue weighted by molar-refractivity contribution is 5.44. The minimum atomic E-state index is 0.323. The van der Waals surface area contributed by atoms with Crippen LogP contribution in [0.2, 0.25) is 0 Å². The molecule has 2 aliphatic rings. The van der Waals surface area contributed by atoms with Crippen molar-refractivity contribution >= 4 is 0 Å². The molecule has 0 bridgehead atoms. The van der Waals surface area contributed by atoms with Crippen LogP contribution in [-0.4, -0.2) is 30.8 Å². The van der Waals surface area contributed by atoms with E-state index in [1.807, 2.05) is 6.07 Å². The van der Waals surface area contributed by atoms with E-state index in [1.165, 1.54) is 18.4 Å². The van der Waals surface area contributed by atoms with E-state index >= 15 is 0 Å². The third-order valence-electron chi connectivity index (χ3n) is 3.97. The Morgan fingerprint density at radius 3 is 2.89 bits per heavy atom. The van der Waals surface area contributed by atoms with Crippen molar-refractivity contribution in [2.24, 2.45) is 5.73 Å². The minimum absolute atomic E-state index is 0.323. The number of rotatable bonds is 3. The number of ether oxygens (including phenoxy) is 2. The molecule has 4 nitrogen and oxygen atoms in total. The predicted octanol–water partition coefficient (Wildman–Crippen LogP) is 1.73. The number of nitrogens with zero attached hydrogens (tertiary/aromatic N) is 1. The third-order valence-corrected chi connectivity index (χ3v) is 3.97. The van der Waals surface area contributed by atoms with Gasteiger partial charge in [-0.3, -0.25) is 4.90 Å². The maximum absolute atomic E-state index is 6.14. The molecule has 0 aromatic heterocycles. The van der Waals surface area contributed by atoms with Gasteiger partial charge in [0.15, 0.2) is 11.5 Å². The van der Waals surface area contributed by atoms with Crippen molar-refractivity contribution in [3.05, 3.63) is 23.8 Å². The second-order valence-corrected chi connectivity index (χ2v) is 5.26. The summed E-state index contributed by atoms with van der Waals surface area (Å²) < 4.78 is 10.7. The maximum Gasteiger partial charge on any atom is 0.231 e. The Kier molecular flexibility index (Phi) is 3.14. The first-order valence-electron chi connectivity index (χ1n) is 6.58. The van der Waals surface area contributed by atoms with Crippen LogP contribution < -0.4 is 15.2 Å². The second kappa shape index (κ2) is 4.78. The highest BCUT2D eigenvalue weighted by Crippen LogP contribution is 2.33. The molecule has 4 heteroatoms. The molecule has 2 atom stereocenters. The summed E-state index contributed by atoms with van der Waals surface area (Å²) in [4.78, 5) is 2.36. The van der Waals surface area contributed by atoms with E-state index < -0.39 is 0 Å². The summed E-state index contributed by atoms with van der Waals surface area (Å²) >= 11 is 0. The fourth-order valence-corrected chi connectivity index (χ4v) is 2.96. The summed E-state index contributed by atoms with van der Waals surface area (Å²) in [6.45, 7) is 1.25. The van der Waals surface area contributed by atoms with Gasteiger partial charge in [-0.05, 0) is 37.6 Å². The van der Waals surface area contributed by atoms with E-state index in [1.54, 1.807) is 0 Å². The maximum atomic E-state index is 6.14. The van der Waals surface area contributed by atoms with Crippen LogP contribution in [0.5, 0.6) is 11.5 Å². The first kappa shape index (κ1) is 11.8. The molecule has 98 valence electrons. The highest BCUT2D eigenvalue weighted by Gasteiger charge is 2.27. The zero-order valence-corrected chi connectivity index (χ0v) is 10.8. The summed E-state index contributed by atoms with van der Waals surface area (Å²) in [5.74, 6) is 1.70. The molecule has 1 aliphatic heterocycles. The Hall–Kier alpha value is -1.26. The van der Waals surface area contributed by atoms with Crippen LogP contribution in [0.25, 0.3) is 0 Å². The lowest BCUT2D eigenvalue weighted by atomic mass is 10.1. The van der Waals surface area contributed by atoms with Crippen molar-refractivity contribution in [1.82, 2.24) is 4.90 Å². The van der Waals surface area contributed by atoms with Gasteiger partial charge in [-0.25, -0.2) is 0 Å². The van der Waals surface area contributed by atoms with Crippen LogP contribution in [0.3, 0.4) is 0 Å². The zero-order valence-electron chi connectivity index (χ0n) is 10.8. The molecule has 1 aromatic carbocycles. The molecule has 1 heterocycles. The van der Waals surface area contributed by atoms with E-state index in [0.717, 1.165) is 24.5 Å². The molecule has 1 saturated carbocycles. The van der Waals surface area contributed by atoms with Crippen molar-refractivity contribution in [2.75, 3.05) is 13.8 Å². The van der Waals surface area contributed by atoms with Crippen LogP contribution >= 0.6 is 0 Å². The normalized spacial score (nSPS) is 25.9. The van der Waals surface area contributed by atoms with Crippen molar-refractivity contribution < 1.29 is 9.47 Å². The Morgan fingerprint density at radius 2 is 2.11 bits per heavy atom. The van der Waals surface area contributed by atoms with Crippen LogP contribution in [-0.2, 0) is 6.54 Å². The highest BCUT2D eigenvalue weighted by atomic mass is 16.7. The molecule has 1 aromatic rings. The lowest BCUT2D eigenvalue weighted by Crippen LogP contribution is -2.41. The van der Waals surface area contributed by atoms with Crippen LogP contribution in [0.1, 0.15) is 24.8 Å². The molecule has 1 aliphatic carbocycles. The van der Waals surface area contributed by atoms with Gasteiger partial charge < -0.3 is 15.2 Å². The van der Waals surface area contributed by atoms with Gasteiger partial charge in [0.05, 0.1) is 0 Å². The fraction of sp³-hybridized carbons (Fsp3) is 0.571. The summed E-state index contributed by atoms with van der Waals surface area (Å²) in [5, 5.41) is 0. The number of hydrogen-bond donors (Lipinski definition) is 1. The van der Waals surface area contributed by atoms with Crippen LogP contribution in [0.4, 0.5) is 0 Å². The lowest BCUT2D eigenvalue weighted by Gasteiger charge is -2.27. The fourth-order valence-electron chi connectivity index (χ4n) is 2.96. The molecule has 2 unspecified atom stereocenters. The molecule has 1 fully saturated rings. The van der Waals surface area contributed by atoms with Gasteiger partial charge in [-0.1, -0.05) is 12.5 Å². The molecule has 0 radical (unpaired) electrons. The van der Waals surface area contributed by atoms with E-state index in [-0.39, 0.29) is 0 Å². The van der Waals surface area contributed by atoms with Gasteiger partial charge in [0, 0.05) is 18.6 Å². The summed E-state index contributed by atoms with van der Waals surface area (Å²) in [6.07, 6.45) is 3.61. The molecule has 2 N–H and O–H groups in total. The molecule has 0 spiro atoms. The summed E-state index contributed by atoms with van der Waals surface area (Å²) in [6, 6.07) is 6.99. The van der Waals surface area contributed by atoms with Gasteiger partial charge >= 0.3 is 0 Å². The number of likely N-dealkylation sites (N-methyl/N-ethyl adjacent to an activating group) is 1. The van der Waals surface area contributed by atoms with Crippen LogP contribution in [0, 0.1) is 0 Å². The molecular formula is C14H20N2O2. The first-order chi connectivity index (χ1) is 8.74. The Morgan fingerprint density at radius 1 is 1.28 bits per heavy atom. The van der Waals surface area contributed by atoms with Gasteiger partial charge in [0.25, 0.3) is 0 Å². The monoisotopic (exact) mass is 248 g/mol. The molecule has 0 amide bonds. The smallest absolute Gasteiger partial charge is 0.231 e. The van der Waals surface area contributed by atoms with Crippen LogP contribution in [0.15, 0.2) is 18.2 Å². The Labute approximate surface area is 108 Å². The first-order valence-corrected chi connectivity index (χ1v) is 6.58. The summed E-state index contributed by atoms with van der Waals surface area (Å²) in [5.41, 5.74) is 7.39. The Balaban J connectivity index is 1.68. The van der Waals surface area contributed by atoms with Crippen molar-refractivity contribution in [3.63, 3.8) is 0 Å². The number of nitrogens with two attached hydrogens (primary N) is 1. The predicted molar refractivity (Wildman–Crippen MR) is 69.6 cm³/mol. The van der Waals surface area contributed by atoms with E-state index in [4.69, 9.17) is 15.2 Å². The largest absolute Gasteiger partial charge is 0.454 e. The number of fused-ring (bicyclic) bond motifs is 1. The van der Waals surface area contributed by atoms with Gasteiger partial charge in [-0.2, -0.15) is 0 Å². The van der Waals surface area contributed by atoms with E-state index in [9.17, 15) is 0 Å². The standard InChI is InChI=1S/C14H20N2O2/c1-16(12-4-2-3-11(12)15)8-10-5-6-13-14(7-10)18-9-17-13/h5-7,11-12H,2-4,8-9,15H2,1H3. The SMILES string of the molecule is CN(Cc1ccc2c(c1)OCO2)C1CCCC1N. The zero-order chi connectivity index (χ0) is 12.5. The Bertz CT molecular complexity index is 436. The van der Waals surface area contributed by atoms with E-state index in [0.29, 0.717) is 18.9 Å².